The second kappa shape index (κ2) is 8.86. The Morgan fingerprint density at radius 1 is 1.19 bits per heavy atom. The van der Waals surface area contributed by atoms with Crippen LogP contribution in [0.5, 0.6) is 0 Å². The van der Waals surface area contributed by atoms with Crippen LogP contribution in [0.2, 0.25) is 0 Å². The Labute approximate surface area is 162 Å². The molecule has 0 amide bonds. The monoisotopic (exact) mass is 378 g/mol. The summed E-state index contributed by atoms with van der Waals surface area (Å²) in [6.45, 7) is 15.6. The van der Waals surface area contributed by atoms with E-state index in [-0.39, 0.29) is 12.0 Å². The van der Waals surface area contributed by atoms with Crippen molar-refractivity contribution in [1.29, 1.82) is 0 Å². The van der Waals surface area contributed by atoms with Crippen molar-refractivity contribution < 1.29 is 10.2 Å². The standard InChI is InChI=1S/C21H34N2O2S/c1-20(2,3)16-23-12-11-22(14-17(23)9-13-24)15-19-7-6-18(26-19)8-10-21(4,5)25/h6-7,17,24-25H,9,11-16H2,1-5H3/t17-/m1/s1. The van der Waals surface area contributed by atoms with Crippen LogP contribution < -0.4 is 0 Å². The first-order valence-electron chi connectivity index (χ1n) is 9.47. The molecular weight excluding hydrogens is 344 g/mol. The van der Waals surface area contributed by atoms with Gasteiger partial charge in [0.15, 0.2) is 0 Å². The van der Waals surface area contributed by atoms with E-state index in [1.54, 1.807) is 25.2 Å². The minimum atomic E-state index is -0.953. The normalized spacial score (nSPS) is 20.0. The molecule has 1 aromatic heterocycles. The number of piperazine rings is 1. The van der Waals surface area contributed by atoms with E-state index < -0.39 is 5.60 Å². The average Bonchev–Trinajstić information content (AvgIpc) is 2.94. The van der Waals surface area contributed by atoms with Gasteiger partial charge in [-0.05, 0) is 37.8 Å². The molecule has 0 unspecified atom stereocenters. The van der Waals surface area contributed by atoms with Gasteiger partial charge in [0.2, 0.25) is 0 Å². The molecule has 146 valence electrons. The van der Waals surface area contributed by atoms with Crippen LogP contribution in [0, 0.1) is 17.3 Å². The van der Waals surface area contributed by atoms with Gasteiger partial charge in [0.25, 0.3) is 0 Å². The molecule has 1 fully saturated rings. The molecule has 1 saturated heterocycles. The highest BCUT2D eigenvalue weighted by Gasteiger charge is 2.29. The Kier molecular flexibility index (Phi) is 7.29. The SMILES string of the molecule is CC(C)(O)C#Cc1ccc(CN2CCN(CC(C)(C)C)[C@H](CCO)C2)s1. The Balaban J connectivity index is 1.96. The van der Waals surface area contributed by atoms with Crippen molar-refractivity contribution >= 4 is 11.3 Å². The second-order valence-electron chi connectivity index (χ2n) is 9.01. The first-order valence-corrected chi connectivity index (χ1v) is 10.3. The highest BCUT2D eigenvalue weighted by molar-refractivity contribution is 7.12. The Hall–Kier alpha value is -0.900. The predicted molar refractivity (Wildman–Crippen MR) is 109 cm³/mol. The van der Waals surface area contributed by atoms with E-state index in [0.29, 0.717) is 6.04 Å². The summed E-state index contributed by atoms with van der Waals surface area (Å²) in [4.78, 5) is 7.33. The third-order valence-corrected chi connectivity index (χ3v) is 5.35. The van der Waals surface area contributed by atoms with Crippen molar-refractivity contribution in [3.8, 4) is 11.8 Å². The van der Waals surface area contributed by atoms with Gasteiger partial charge in [-0.1, -0.05) is 32.6 Å². The third kappa shape index (κ3) is 7.38. The van der Waals surface area contributed by atoms with Crippen molar-refractivity contribution in [2.75, 3.05) is 32.8 Å². The lowest BCUT2D eigenvalue weighted by molar-refractivity contribution is 0.0344. The second-order valence-corrected chi connectivity index (χ2v) is 10.2. The fourth-order valence-electron chi connectivity index (χ4n) is 3.31. The van der Waals surface area contributed by atoms with Crippen LogP contribution in [0.25, 0.3) is 0 Å². The molecule has 0 saturated carbocycles. The highest BCUT2D eigenvalue weighted by Crippen LogP contribution is 2.24. The zero-order valence-corrected chi connectivity index (χ0v) is 17.7. The molecule has 0 spiro atoms. The van der Waals surface area contributed by atoms with E-state index in [1.807, 2.05) is 6.07 Å². The Morgan fingerprint density at radius 2 is 1.92 bits per heavy atom. The van der Waals surface area contributed by atoms with Gasteiger partial charge in [-0.2, -0.15) is 0 Å². The first-order chi connectivity index (χ1) is 12.1. The molecule has 0 aromatic carbocycles. The highest BCUT2D eigenvalue weighted by atomic mass is 32.1. The largest absolute Gasteiger partial charge is 0.396 e. The average molecular weight is 379 g/mol. The molecule has 0 radical (unpaired) electrons. The summed E-state index contributed by atoms with van der Waals surface area (Å²) >= 11 is 1.70. The number of hydrogen-bond acceptors (Lipinski definition) is 5. The zero-order chi connectivity index (χ0) is 19.4. The fraction of sp³-hybridized carbons (Fsp3) is 0.714. The molecule has 2 rings (SSSR count). The van der Waals surface area contributed by atoms with Crippen LogP contribution >= 0.6 is 11.3 Å². The molecule has 2 N–H and O–H groups in total. The van der Waals surface area contributed by atoms with Gasteiger partial charge in [0, 0.05) is 50.2 Å². The van der Waals surface area contributed by atoms with Crippen molar-refractivity contribution in [3.05, 3.63) is 21.9 Å². The molecule has 26 heavy (non-hydrogen) atoms. The quantitative estimate of drug-likeness (QED) is 0.774. The molecule has 1 aromatic rings. The minimum Gasteiger partial charge on any atom is -0.396 e. The lowest BCUT2D eigenvalue weighted by Crippen LogP contribution is -2.54. The summed E-state index contributed by atoms with van der Waals surface area (Å²) in [6.07, 6.45) is 0.833. The molecule has 1 atom stereocenters. The van der Waals surface area contributed by atoms with Gasteiger partial charge in [0.1, 0.15) is 5.60 Å². The van der Waals surface area contributed by atoms with Crippen molar-refractivity contribution in [2.24, 2.45) is 5.41 Å². The number of nitrogens with zero attached hydrogens (tertiary/aromatic N) is 2. The van der Waals surface area contributed by atoms with Crippen molar-refractivity contribution in [3.63, 3.8) is 0 Å². The minimum absolute atomic E-state index is 0.245. The predicted octanol–water partition coefficient (Wildman–Crippen LogP) is 2.79. The van der Waals surface area contributed by atoms with Crippen LogP contribution in [0.1, 0.15) is 50.8 Å². The zero-order valence-electron chi connectivity index (χ0n) is 16.9. The summed E-state index contributed by atoms with van der Waals surface area (Å²) in [6, 6.07) is 4.60. The molecule has 0 aliphatic carbocycles. The van der Waals surface area contributed by atoms with Crippen LogP contribution in [-0.2, 0) is 6.54 Å². The topological polar surface area (TPSA) is 46.9 Å². The summed E-state index contributed by atoms with van der Waals surface area (Å²) in [7, 11) is 0. The van der Waals surface area contributed by atoms with E-state index in [4.69, 9.17) is 0 Å². The summed E-state index contributed by atoms with van der Waals surface area (Å²) in [5.74, 6) is 5.94. The third-order valence-electron chi connectivity index (χ3n) is 4.36. The van der Waals surface area contributed by atoms with E-state index in [0.717, 1.165) is 44.0 Å². The molecule has 2 heterocycles. The molecule has 5 heteroatoms. The van der Waals surface area contributed by atoms with Crippen LogP contribution in [0.4, 0.5) is 0 Å². The Bertz CT molecular complexity index is 631. The summed E-state index contributed by atoms with van der Waals surface area (Å²) in [5.41, 5.74) is -0.678. The smallest absolute Gasteiger partial charge is 0.120 e. The van der Waals surface area contributed by atoms with Crippen molar-refractivity contribution in [2.45, 2.75) is 59.2 Å². The Morgan fingerprint density at radius 3 is 2.54 bits per heavy atom. The number of aliphatic hydroxyl groups is 2. The number of rotatable bonds is 5. The van der Waals surface area contributed by atoms with E-state index in [2.05, 4.69) is 48.5 Å². The maximum Gasteiger partial charge on any atom is 0.120 e. The van der Waals surface area contributed by atoms with Crippen molar-refractivity contribution in [1.82, 2.24) is 9.80 Å². The van der Waals surface area contributed by atoms with E-state index in [1.165, 1.54) is 4.88 Å². The van der Waals surface area contributed by atoms with Gasteiger partial charge < -0.3 is 10.2 Å². The lowest BCUT2D eigenvalue weighted by atomic mass is 9.94. The molecular formula is C21H34N2O2S. The molecule has 0 bridgehead atoms. The van der Waals surface area contributed by atoms with Gasteiger partial charge in [-0.3, -0.25) is 9.80 Å². The lowest BCUT2D eigenvalue weighted by Gasteiger charge is -2.43. The number of hydrogen-bond donors (Lipinski definition) is 2. The van der Waals surface area contributed by atoms with Crippen LogP contribution in [-0.4, -0.2) is 64.4 Å². The summed E-state index contributed by atoms with van der Waals surface area (Å²) < 4.78 is 0. The fourth-order valence-corrected chi connectivity index (χ4v) is 4.21. The first kappa shape index (κ1) is 21.4. The molecule has 1 aliphatic heterocycles. The summed E-state index contributed by atoms with van der Waals surface area (Å²) in [5, 5.41) is 19.2. The van der Waals surface area contributed by atoms with E-state index >= 15 is 0 Å². The maximum absolute atomic E-state index is 9.73. The molecule has 4 nitrogen and oxygen atoms in total. The number of aliphatic hydroxyl groups excluding tert-OH is 1. The van der Waals surface area contributed by atoms with Gasteiger partial charge >= 0.3 is 0 Å². The van der Waals surface area contributed by atoms with Gasteiger partial charge in [-0.15, -0.1) is 11.3 Å². The number of thiophene rings is 1. The van der Waals surface area contributed by atoms with Gasteiger partial charge in [0.05, 0.1) is 4.88 Å². The van der Waals surface area contributed by atoms with E-state index in [9.17, 15) is 10.2 Å². The molecule has 1 aliphatic rings. The van der Waals surface area contributed by atoms with Gasteiger partial charge in [-0.25, -0.2) is 0 Å². The van der Waals surface area contributed by atoms with Crippen LogP contribution in [0.15, 0.2) is 12.1 Å². The van der Waals surface area contributed by atoms with Crippen LogP contribution in [0.3, 0.4) is 0 Å². The maximum atomic E-state index is 9.73.